The highest BCUT2D eigenvalue weighted by molar-refractivity contribution is 5.95. The molecule has 0 aromatic heterocycles. The Hall–Kier alpha value is -3.79. The normalized spacial score (nSPS) is 19.8. The Balaban J connectivity index is 1.59. The van der Waals surface area contributed by atoms with Gasteiger partial charge in [0.15, 0.2) is 11.5 Å². The van der Waals surface area contributed by atoms with E-state index in [1.807, 2.05) is 61.5 Å². The van der Waals surface area contributed by atoms with Gasteiger partial charge in [-0.25, -0.2) is 0 Å². The Labute approximate surface area is 229 Å². The van der Waals surface area contributed by atoms with Crippen LogP contribution in [-0.2, 0) is 14.3 Å². The van der Waals surface area contributed by atoms with Gasteiger partial charge in [-0.3, -0.25) is 14.4 Å². The van der Waals surface area contributed by atoms with Crippen molar-refractivity contribution in [2.24, 2.45) is 5.92 Å². The highest BCUT2D eigenvalue weighted by Crippen LogP contribution is 2.38. The first-order valence-corrected chi connectivity index (χ1v) is 13.2. The maximum atomic E-state index is 13.5. The molecule has 2 aromatic carbocycles. The molecule has 210 valence electrons. The number of hydrogen-bond acceptors (Lipinski definition) is 7. The van der Waals surface area contributed by atoms with Crippen molar-refractivity contribution in [3.05, 3.63) is 53.6 Å². The van der Waals surface area contributed by atoms with Crippen LogP contribution in [0.4, 0.5) is 5.69 Å². The molecule has 10 nitrogen and oxygen atoms in total. The van der Waals surface area contributed by atoms with E-state index in [1.54, 1.807) is 16.9 Å². The number of hydrogen-bond donors (Lipinski definition) is 1. The average molecular weight is 539 g/mol. The molecule has 0 unspecified atom stereocenters. The maximum absolute atomic E-state index is 13.5. The van der Waals surface area contributed by atoms with Gasteiger partial charge in [-0.1, -0.05) is 12.1 Å². The molecule has 0 saturated carbocycles. The van der Waals surface area contributed by atoms with Crippen LogP contribution in [0.3, 0.4) is 0 Å². The molecular weight excluding hydrogens is 500 g/mol. The number of nitrogens with zero attached hydrogens (tertiary/aromatic N) is 3. The summed E-state index contributed by atoms with van der Waals surface area (Å²) in [6.07, 6.45) is 0.586. The van der Waals surface area contributed by atoms with Crippen molar-refractivity contribution in [3.63, 3.8) is 0 Å². The molecule has 2 aliphatic rings. The molecule has 1 N–H and O–H groups in total. The second-order valence-corrected chi connectivity index (χ2v) is 10.1. The minimum atomic E-state index is -0.415. The van der Waals surface area contributed by atoms with E-state index in [-0.39, 0.29) is 36.9 Å². The van der Waals surface area contributed by atoms with Gasteiger partial charge in [-0.2, -0.15) is 0 Å². The highest BCUT2D eigenvalue weighted by atomic mass is 16.5. The first-order valence-electron chi connectivity index (χ1n) is 13.2. The summed E-state index contributed by atoms with van der Waals surface area (Å²) in [6, 6.07) is 13.1. The zero-order valence-electron chi connectivity index (χ0n) is 23.1. The summed E-state index contributed by atoms with van der Waals surface area (Å²) < 4.78 is 16.7. The molecule has 2 aliphatic heterocycles. The molecule has 1 saturated heterocycles. The van der Waals surface area contributed by atoms with Gasteiger partial charge in [-0.15, -0.1) is 0 Å². The van der Waals surface area contributed by atoms with E-state index in [9.17, 15) is 14.4 Å². The molecule has 39 heavy (non-hydrogen) atoms. The lowest BCUT2D eigenvalue weighted by Gasteiger charge is -2.25. The number of carbonyl (C=O) groups excluding carboxylic acids is 3. The van der Waals surface area contributed by atoms with Crippen LogP contribution >= 0.6 is 0 Å². The summed E-state index contributed by atoms with van der Waals surface area (Å²) in [6.45, 7) is 2.23. The molecule has 3 amide bonds. The summed E-state index contributed by atoms with van der Waals surface area (Å²) in [5.74, 6) is 0.145. The van der Waals surface area contributed by atoms with Crippen LogP contribution in [0.2, 0.25) is 0 Å². The van der Waals surface area contributed by atoms with E-state index in [0.29, 0.717) is 56.2 Å². The van der Waals surface area contributed by atoms with Crippen molar-refractivity contribution < 1.29 is 28.6 Å². The maximum Gasteiger partial charge on any atom is 0.254 e. The number of methoxy groups -OCH3 is 2. The van der Waals surface area contributed by atoms with Crippen molar-refractivity contribution >= 4 is 23.4 Å². The molecule has 0 radical (unpaired) electrons. The molecule has 0 aliphatic carbocycles. The van der Waals surface area contributed by atoms with Gasteiger partial charge in [0.1, 0.15) is 13.2 Å². The lowest BCUT2D eigenvalue weighted by molar-refractivity contribution is -0.134. The summed E-state index contributed by atoms with van der Waals surface area (Å²) in [5, 5.41) is 3.04. The Morgan fingerprint density at radius 3 is 2.59 bits per heavy atom. The largest absolute Gasteiger partial charge is 0.493 e. The first kappa shape index (κ1) is 28.2. The Morgan fingerprint density at radius 1 is 1.05 bits per heavy atom. The zero-order chi connectivity index (χ0) is 27.9. The molecule has 0 spiro atoms. The molecule has 4 rings (SSSR count). The minimum Gasteiger partial charge on any atom is -0.493 e. The fourth-order valence-electron chi connectivity index (χ4n) is 5.16. The predicted octanol–water partition coefficient (Wildman–Crippen LogP) is 1.99. The van der Waals surface area contributed by atoms with E-state index < -0.39 is 5.92 Å². The third-order valence-corrected chi connectivity index (χ3v) is 7.31. The monoisotopic (exact) mass is 538 g/mol. The van der Waals surface area contributed by atoms with E-state index in [2.05, 4.69) is 5.32 Å². The number of nitrogens with one attached hydrogen (secondary N) is 1. The first-order chi connectivity index (χ1) is 18.8. The molecule has 2 aromatic rings. The smallest absolute Gasteiger partial charge is 0.254 e. The van der Waals surface area contributed by atoms with Crippen LogP contribution in [0.5, 0.6) is 11.5 Å². The number of likely N-dealkylation sites (tertiary alicyclic amines) is 1. The second kappa shape index (κ2) is 12.8. The van der Waals surface area contributed by atoms with Crippen molar-refractivity contribution in [3.8, 4) is 11.5 Å². The minimum absolute atomic E-state index is 0.0284. The van der Waals surface area contributed by atoms with Crippen LogP contribution in [0, 0.1) is 5.92 Å². The number of ether oxygens (including phenoxy) is 3. The second-order valence-electron chi connectivity index (χ2n) is 10.1. The molecule has 2 atom stereocenters. The predicted molar refractivity (Wildman–Crippen MR) is 147 cm³/mol. The van der Waals surface area contributed by atoms with Crippen LogP contribution in [0.15, 0.2) is 42.5 Å². The van der Waals surface area contributed by atoms with Crippen LogP contribution < -0.4 is 19.7 Å². The van der Waals surface area contributed by atoms with Gasteiger partial charge in [0.05, 0.1) is 19.6 Å². The van der Waals surface area contributed by atoms with Crippen LogP contribution in [0.1, 0.15) is 28.3 Å². The summed E-state index contributed by atoms with van der Waals surface area (Å²) in [7, 11) is 6.93. The third-order valence-electron chi connectivity index (χ3n) is 7.31. The van der Waals surface area contributed by atoms with E-state index in [1.165, 1.54) is 7.11 Å². The fraction of sp³-hybridized carbons (Fsp3) is 0.483. The fourth-order valence-corrected chi connectivity index (χ4v) is 5.16. The van der Waals surface area contributed by atoms with Crippen molar-refractivity contribution in [2.75, 3.05) is 79.2 Å². The number of benzene rings is 2. The van der Waals surface area contributed by atoms with Crippen molar-refractivity contribution in [2.45, 2.75) is 12.3 Å². The number of rotatable bonds is 5. The topological polar surface area (TPSA) is 101 Å². The number of carbonyl (C=O) groups is 3. The van der Waals surface area contributed by atoms with Crippen LogP contribution in [-0.4, -0.2) is 102 Å². The number of amides is 3. The Morgan fingerprint density at radius 2 is 1.85 bits per heavy atom. The van der Waals surface area contributed by atoms with E-state index in [4.69, 9.17) is 14.2 Å². The van der Waals surface area contributed by atoms with Crippen LogP contribution in [0.25, 0.3) is 0 Å². The Kier molecular flexibility index (Phi) is 9.29. The third kappa shape index (κ3) is 6.62. The molecule has 2 heterocycles. The average Bonchev–Trinajstić information content (AvgIpc) is 3.39. The molecule has 10 heteroatoms. The SMILES string of the molecule is COCC(=O)N1C[C@@H]2C(=O)NCCCN(C(=O)c3cccc(N(C)C)c3)CCOc3cc(ccc3OC)[C@H]2C1. The zero-order valence-corrected chi connectivity index (χ0v) is 23.1. The van der Waals surface area contributed by atoms with E-state index >= 15 is 0 Å². The molecular formula is C29H38N4O6. The van der Waals surface area contributed by atoms with Gasteiger partial charge >= 0.3 is 0 Å². The lowest BCUT2D eigenvalue weighted by Crippen LogP contribution is -2.39. The van der Waals surface area contributed by atoms with Gasteiger partial charge < -0.3 is 34.2 Å². The molecule has 2 bridgehead atoms. The number of anilines is 1. The van der Waals surface area contributed by atoms with Gasteiger partial charge in [-0.05, 0) is 42.3 Å². The highest BCUT2D eigenvalue weighted by Gasteiger charge is 2.40. The van der Waals surface area contributed by atoms with Crippen molar-refractivity contribution in [1.29, 1.82) is 0 Å². The Bertz CT molecular complexity index is 1190. The summed E-state index contributed by atoms with van der Waals surface area (Å²) in [4.78, 5) is 44.8. The van der Waals surface area contributed by atoms with Gasteiger partial charge in [0.2, 0.25) is 11.8 Å². The quantitative estimate of drug-likeness (QED) is 0.622. The van der Waals surface area contributed by atoms with Crippen molar-refractivity contribution in [1.82, 2.24) is 15.1 Å². The summed E-state index contributed by atoms with van der Waals surface area (Å²) in [5.41, 5.74) is 2.43. The van der Waals surface area contributed by atoms with Gasteiger partial charge in [0, 0.05) is 64.6 Å². The van der Waals surface area contributed by atoms with E-state index in [0.717, 1.165) is 11.3 Å². The molecule has 1 fully saturated rings. The lowest BCUT2D eigenvalue weighted by atomic mass is 9.88. The summed E-state index contributed by atoms with van der Waals surface area (Å²) >= 11 is 0. The standard InChI is InChI=1S/C29H38N4O6/c1-31(2)22-8-5-7-21(15-22)29(36)32-12-6-11-30-28(35)24-18-33(27(34)19-37-3)17-23(24)20-9-10-25(38-4)26(16-20)39-14-13-32/h5,7-10,15-16,23-24H,6,11-14,17-19H2,1-4H3,(H,30,35)/t23-,24+/m1/s1. The van der Waals surface area contributed by atoms with Gasteiger partial charge in [0.25, 0.3) is 5.91 Å². The number of fused-ring (bicyclic) bond motifs is 4.